The Kier molecular flexibility index (Phi) is 5.10. The average Bonchev–Trinajstić information content (AvgIpc) is 3.30. The second kappa shape index (κ2) is 7.86. The van der Waals surface area contributed by atoms with Gasteiger partial charge in [0.15, 0.2) is 0 Å². The Bertz CT molecular complexity index is 1300. The third kappa shape index (κ3) is 4.55. The highest BCUT2D eigenvalue weighted by molar-refractivity contribution is 5.83. The molecule has 10 heteroatoms. The number of benzene rings is 1. The number of ether oxygens (including phenoxy) is 1. The minimum Gasteiger partial charge on any atom is -0.410 e. The fraction of sp³-hybridized carbons (Fsp3) is 0.391. The molecule has 0 amide bonds. The molecule has 1 aromatic carbocycles. The largest absolute Gasteiger partial charge is 0.572 e. The number of imidazole rings is 1. The number of allylic oxidation sites excluding steroid dienone is 4. The molecule has 1 atom stereocenters. The summed E-state index contributed by atoms with van der Waals surface area (Å²) in [5.41, 5.74) is 1.84. The molecular weight excluding hydrogens is 435 g/mol. The number of hydrogen-bond donors (Lipinski definition) is 0. The second-order valence-electron chi connectivity index (χ2n) is 8.93. The molecule has 2 aliphatic rings. The van der Waals surface area contributed by atoms with E-state index < -0.39 is 6.36 Å². The smallest absolute Gasteiger partial charge is 0.410 e. The molecule has 2 aliphatic carbocycles. The van der Waals surface area contributed by atoms with Crippen molar-refractivity contribution in [3.8, 4) is 0 Å². The van der Waals surface area contributed by atoms with E-state index in [2.05, 4.69) is 20.0 Å². The molecule has 0 radical (unpaired) electrons. The third-order valence-electron chi connectivity index (χ3n) is 6.31. The van der Waals surface area contributed by atoms with Gasteiger partial charge in [0, 0.05) is 30.8 Å². The third-order valence-corrected chi connectivity index (χ3v) is 6.31. The first kappa shape index (κ1) is 21.4. The summed E-state index contributed by atoms with van der Waals surface area (Å²) >= 11 is 0. The molecule has 0 spiro atoms. The lowest BCUT2D eigenvalue weighted by Crippen LogP contribution is -2.30. The Balaban J connectivity index is 1.43. The molecular formula is C23H22F3N5O2. The van der Waals surface area contributed by atoms with Gasteiger partial charge in [-0.3, -0.25) is 4.79 Å². The summed E-state index contributed by atoms with van der Waals surface area (Å²) in [5.74, 6) is -0.327. The van der Waals surface area contributed by atoms with Crippen LogP contribution in [0.5, 0.6) is 0 Å². The number of hydrogen-bond acceptors (Lipinski definition) is 5. The summed E-state index contributed by atoms with van der Waals surface area (Å²) in [4.78, 5) is 17.3. The molecule has 0 bridgehead atoms. The molecule has 0 N–H and O–H groups in total. The topological polar surface area (TPSA) is 74.8 Å². The van der Waals surface area contributed by atoms with E-state index in [9.17, 15) is 18.0 Å². The van der Waals surface area contributed by atoms with Gasteiger partial charge in [0.2, 0.25) is 0 Å². The van der Waals surface area contributed by atoms with E-state index in [1.807, 2.05) is 23.8 Å². The van der Waals surface area contributed by atoms with Crippen LogP contribution in [0.1, 0.15) is 31.7 Å². The van der Waals surface area contributed by atoms with Crippen LogP contribution in [0.2, 0.25) is 0 Å². The number of halogens is 3. The zero-order valence-corrected chi connectivity index (χ0v) is 17.9. The van der Waals surface area contributed by atoms with Crippen molar-refractivity contribution in [2.45, 2.75) is 45.6 Å². The van der Waals surface area contributed by atoms with Crippen LogP contribution >= 0.6 is 0 Å². The van der Waals surface area contributed by atoms with Gasteiger partial charge in [-0.05, 0) is 48.1 Å². The van der Waals surface area contributed by atoms with E-state index in [-0.39, 0.29) is 29.1 Å². The van der Waals surface area contributed by atoms with Crippen LogP contribution < -0.4 is 5.56 Å². The van der Waals surface area contributed by atoms with Crippen LogP contribution in [-0.2, 0) is 17.8 Å². The highest BCUT2D eigenvalue weighted by Crippen LogP contribution is 2.48. The van der Waals surface area contributed by atoms with Crippen LogP contribution in [0.4, 0.5) is 13.2 Å². The highest BCUT2D eigenvalue weighted by atomic mass is 19.4. The van der Waals surface area contributed by atoms with Gasteiger partial charge in [0.1, 0.15) is 11.3 Å². The molecule has 172 valence electrons. The fourth-order valence-electron chi connectivity index (χ4n) is 4.42. The van der Waals surface area contributed by atoms with E-state index in [0.717, 1.165) is 30.5 Å². The van der Waals surface area contributed by atoms with Gasteiger partial charge >= 0.3 is 6.36 Å². The number of rotatable bonds is 6. The molecule has 0 saturated heterocycles. The number of nitrogens with zero attached hydrogens (tertiary/aromatic N) is 5. The minimum atomic E-state index is -4.71. The normalized spacial score (nSPS) is 19.8. The molecule has 1 unspecified atom stereocenters. The molecule has 2 aromatic heterocycles. The lowest BCUT2D eigenvalue weighted by molar-refractivity contribution is -0.306. The minimum absolute atomic E-state index is 0.0371. The van der Waals surface area contributed by atoms with E-state index in [1.54, 1.807) is 30.7 Å². The first-order valence-electron chi connectivity index (χ1n) is 10.7. The molecule has 1 saturated carbocycles. The number of fused-ring (bicyclic) bond motifs is 1. The van der Waals surface area contributed by atoms with E-state index in [4.69, 9.17) is 0 Å². The molecule has 3 aromatic rings. The lowest BCUT2D eigenvalue weighted by Gasteiger charge is -2.23. The summed E-state index contributed by atoms with van der Waals surface area (Å²) in [6.07, 6.45) is 5.76. The Labute approximate surface area is 187 Å². The van der Waals surface area contributed by atoms with Gasteiger partial charge in [-0.15, -0.1) is 18.3 Å². The SMILES string of the molecule is CC1CC(OC(F)(F)F)=CC=C1c1ccc2nnn(CC3(Cn4ccnc4)CC3)c(=O)c2c1. The maximum atomic E-state index is 13.2. The van der Waals surface area contributed by atoms with Gasteiger partial charge in [-0.1, -0.05) is 24.3 Å². The van der Waals surface area contributed by atoms with Crippen molar-refractivity contribution in [2.24, 2.45) is 11.3 Å². The zero-order chi connectivity index (χ0) is 23.2. The number of alkyl halides is 3. The van der Waals surface area contributed by atoms with E-state index in [1.165, 1.54) is 10.8 Å². The number of aromatic nitrogens is 5. The van der Waals surface area contributed by atoms with Crippen molar-refractivity contribution in [1.82, 2.24) is 24.5 Å². The van der Waals surface area contributed by atoms with Crippen LogP contribution in [0, 0.1) is 11.3 Å². The van der Waals surface area contributed by atoms with Crippen LogP contribution in [-0.4, -0.2) is 30.9 Å². The maximum absolute atomic E-state index is 13.2. The molecule has 2 heterocycles. The van der Waals surface area contributed by atoms with Crippen LogP contribution in [0.3, 0.4) is 0 Å². The Morgan fingerprint density at radius 2 is 2.03 bits per heavy atom. The van der Waals surface area contributed by atoms with Crippen molar-refractivity contribution in [2.75, 3.05) is 0 Å². The molecule has 1 fully saturated rings. The monoisotopic (exact) mass is 457 g/mol. The quantitative estimate of drug-likeness (QED) is 0.552. The van der Waals surface area contributed by atoms with Gasteiger partial charge < -0.3 is 9.30 Å². The van der Waals surface area contributed by atoms with Crippen molar-refractivity contribution in [3.05, 3.63) is 70.7 Å². The predicted molar refractivity (Wildman–Crippen MR) is 115 cm³/mol. The Morgan fingerprint density at radius 3 is 2.70 bits per heavy atom. The van der Waals surface area contributed by atoms with Crippen molar-refractivity contribution in [3.63, 3.8) is 0 Å². The lowest BCUT2D eigenvalue weighted by atomic mass is 9.87. The summed E-state index contributed by atoms with van der Waals surface area (Å²) in [6.45, 7) is 3.06. The average molecular weight is 457 g/mol. The van der Waals surface area contributed by atoms with Gasteiger partial charge in [0.05, 0.1) is 18.3 Å². The molecule has 7 nitrogen and oxygen atoms in total. The van der Waals surface area contributed by atoms with Gasteiger partial charge in [-0.2, -0.15) is 0 Å². The molecule has 33 heavy (non-hydrogen) atoms. The summed E-state index contributed by atoms with van der Waals surface area (Å²) in [5, 5.41) is 8.81. The predicted octanol–water partition coefficient (Wildman–Crippen LogP) is 4.31. The van der Waals surface area contributed by atoms with Crippen molar-refractivity contribution in [1.29, 1.82) is 0 Å². The van der Waals surface area contributed by atoms with Crippen LogP contribution in [0.25, 0.3) is 16.5 Å². The molecule has 5 rings (SSSR count). The van der Waals surface area contributed by atoms with Crippen molar-refractivity contribution < 1.29 is 17.9 Å². The Hall–Kier alpha value is -3.43. The summed E-state index contributed by atoms with van der Waals surface area (Å²) < 4.78 is 45.1. The van der Waals surface area contributed by atoms with Gasteiger partial charge in [-0.25, -0.2) is 9.67 Å². The second-order valence-corrected chi connectivity index (χ2v) is 8.93. The summed E-state index contributed by atoms with van der Waals surface area (Å²) in [6, 6.07) is 5.29. The van der Waals surface area contributed by atoms with Crippen LogP contribution in [0.15, 0.2) is 59.6 Å². The standard InChI is InChI=1S/C23H22F3N5O2/c1-15-10-17(33-23(24,25)26)3-4-18(15)16-2-5-20-19(11-16)21(32)31(29-28-20)13-22(6-7-22)12-30-9-8-27-14-30/h2-5,8-9,11,14-15H,6-7,10,12-13H2,1H3. The van der Waals surface area contributed by atoms with E-state index in [0.29, 0.717) is 17.4 Å². The highest BCUT2D eigenvalue weighted by Gasteiger charge is 2.44. The van der Waals surface area contributed by atoms with Crippen molar-refractivity contribution >= 4 is 16.5 Å². The first-order valence-corrected chi connectivity index (χ1v) is 10.7. The first-order chi connectivity index (χ1) is 15.7. The maximum Gasteiger partial charge on any atom is 0.572 e. The Morgan fingerprint density at radius 1 is 1.21 bits per heavy atom. The van der Waals surface area contributed by atoms with E-state index >= 15 is 0 Å². The zero-order valence-electron chi connectivity index (χ0n) is 17.9. The van der Waals surface area contributed by atoms with Gasteiger partial charge in [0.25, 0.3) is 5.56 Å². The fourth-order valence-corrected chi connectivity index (χ4v) is 4.42. The summed E-state index contributed by atoms with van der Waals surface area (Å²) in [7, 11) is 0. The molecule has 0 aliphatic heterocycles.